The fraction of sp³-hybridized carbons (Fsp3) is 0.800. The van der Waals surface area contributed by atoms with Crippen molar-refractivity contribution in [3.63, 3.8) is 0 Å². The number of aliphatic imine (C=N–C) groups is 4. The second-order valence-electron chi connectivity index (χ2n) is 10.0. The number of nitrogens with zero attached hydrogens (tertiary/aromatic N) is 4. The summed E-state index contributed by atoms with van der Waals surface area (Å²) in [6, 6.07) is 0. The minimum Gasteiger partial charge on any atom is -0.443 e. The predicted molar refractivity (Wildman–Crippen MR) is 110 cm³/mol. The van der Waals surface area contributed by atoms with Gasteiger partial charge in [-0.3, -0.25) is 0 Å². The molecule has 0 aromatic carbocycles. The summed E-state index contributed by atoms with van der Waals surface area (Å²) >= 11 is 0. The molecule has 0 aromatic heterocycles. The molecule has 5 heteroatoms. The third-order valence-electron chi connectivity index (χ3n) is 1.79. The maximum atomic E-state index is 4.11. The minimum absolute atomic E-state index is 0. The molecule has 0 aliphatic rings. The summed E-state index contributed by atoms with van der Waals surface area (Å²) in [6.07, 6.45) is 9.05. The molecule has 0 unspecified atom stereocenters. The van der Waals surface area contributed by atoms with E-state index in [1.54, 1.807) is 0 Å². The van der Waals surface area contributed by atoms with Gasteiger partial charge in [0.05, 0.1) is 0 Å². The summed E-state index contributed by atoms with van der Waals surface area (Å²) in [5.74, 6) is 0. The molecule has 25 heavy (non-hydrogen) atoms. The van der Waals surface area contributed by atoms with Crippen LogP contribution in [0.25, 0.3) is 0 Å². The van der Waals surface area contributed by atoms with E-state index in [0.29, 0.717) is 0 Å². The zero-order valence-corrected chi connectivity index (χ0v) is 19.2. The second kappa shape index (κ2) is 11.7. The van der Waals surface area contributed by atoms with Crippen LogP contribution in [0.1, 0.15) is 83.1 Å². The standard InChI is InChI=1S/2C10H19N2.Ni/c2*1-9(2,3)7-11-8-12-10(4,5)6;/h2*7H,1-6H3;/q2*-1;+2. The molecule has 148 valence electrons. The Balaban J connectivity index is -0.000000372. The van der Waals surface area contributed by atoms with Gasteiger partial charge in [-0.15, -0.1) is 12.4 Å². The summed E-state index contributed by atoms with van der Waals surface area (Å²) in [5.41, 5.74) is 0.0747. The SMILES string of the molecule is CC(C)(C)C=N[C-]=NC(C)(C)C.CC(C)(C)C=N[C-]=NC(C)(C)C.[Ni+2]. The Hall–Kier alpha value is -0.826. The fourth-order valence-electron chi connectivity index (χ4n) is 0.803. The smallest absolute Gasteiger partial charge is 0.443 e. The van der Waals surface area contributed by atoms with Crippen LogP contribution in [0.4, 0.5) is 0 Å². The monoisotopic (exact) mass is 392 g/mol. The van der Waals surface area contributed by atoms with Gasteiger partial charge in [-0.25, -0.2) is 0 Å². The van der Waals surface area contributed by atoms with E-state index in [9.17, 15) is 0 Å². The van der Waals surface area contributed by atoms with Crippen molar-refractivity contribution < 1.29 is 16.5 Å². The van der Waals surface area contributed by atoms with E-state index in [2.05, 4.69) is 74.2 Å². The van der Waals surface area contributed by atoms with Crippen molar-refractivity contribution in [2.24, 2.45) is 30.8 Å². The van der Waals surface area contributed by atoms with Crippen LogP contribution < -0.4 is 0 Å². The molecule has 0 fully saturated rings. The maximum absolute atomic E-state index is 4.11. The largest absolute Gasteiger partial charge is 2.00 e. The quantitative estimate of drug-likeness (QED) is 0.253. The average molecular weight is 393 g/mol. The first-order chi connectivity index (χ1) is 10.4. The molecule has 0 bridgehead atoms. The molecule has 0 rings (SSSR count). The van der Waals surface area contributed by atoms with Crippen LogP contribution in [0, 0.1) is 10.8 Å². The Morgan fingerprint density at radius 2 is 0.760 bits per heavy atom. The van der Waals surface area contributed by atoms with Crippen LogP contribution in [-0.4, -0.2) is 36.2 Å². The first-order valence-electron chi connectivity index (χ1n) is 8.44. The summed E-state index contributed by atoms with van der Waals surface area (Å²) in [5, 5.41) is 0. The molecule has 0 spiro atoms. The zero-order valence-electron chi connectivity index (χ0n) is 18.3. The van der Waals surface area contributed by atoms with Crippen LogP contribution >= 0.6 is 0 Å². The molecule has 0 radical (unpaired) electrons. The first-order valence-corrected chi connectivity index (χ1v) is 8.44. The van der Waals surface area contributed by atoms with Crippen molar-refractivity contribution in [3.8, 4) is 0 Å². The van der Waals surface area contributed by atoms with Crippen molar-refractivity contribution in [2.75, 3.05) is 0 Å². The second-order valence-corrected chi connectivity index (χ2v) is 10.0. The van der Waals surface area contributed by atoms with Gasteiger partial charge < -0.3 is 20.0 Å². The summed E-state index contributed by atoms with van der Waals surface area (Å²) in [4.78, 5) is 16.2. The molecule has 4 nitrogen and oxygen atoms in total. The van der Waals surface area contributed by atoms with Gasteiger partial charge in [0.25, 0.3) is 0 Å². The predicted octanol–water partition coefficient (Wildman–Crippen LogP) is 5.61. The van der Waals surface area contributed by atoms with E-state index in [4.69, 9.17) is 0 Å². The number of hydrogen-bond donors (Lipinski definition) is 0. The molecule has 0 saturated heterocycles. The minimum atomic E-state index is -0.0742. The van der Waals surface area contributed by atoms with Crippen molar-refractivity contribution >= 4 is 25.1 Å². The Kier molecular flexibility index (Phi) is 13.6. The van der Waals surface area contributed by atoms with Gasteiger partial charge in [0.15, 0.2) is 0 Å². The van der Waals surface area contributed by atoms with Crippen LogP contribution in [-0.2, 0) is 16.5 Å². The fourth-order valence-corrected chi connectivity index (χ4v) is 0.803. The molecular formula is C20H38N4Ni. The summed E-state index contributed by atoms with van der Waals surface area (Å²) in [7, 11) is 0. The molecule has 0 saturated carbocycles. The average Bonchev–Trinajstić information content (AvgIpc) is 2.27. The van der Waals surface area contributed by atoms with Gasteiger partial charge in [-0.1, -0.05) is 65.0 Å². The molecule has 0 aliphatic heterocycles. The van der Waals surface area contributed by atoms with Crippen LogP contribution in [0.5, 0.6) is 0 Å². The van der Waals surface area contributed by atoms with E-state index in [1.807, 2.05) is 54.0 Å². The number of hydrogen-bond acceptors (Lipinski definition) is 2. The van der Waals surface area contributed by atoms with Crippen LogP contribution in [0.15, 0.2) is 20.0 Å². The Bertz CT molecular complexity index is 360. The van der Waals surface area contributed by atoms with E-state index >= 15 is 0 Å². The van der Waals surface area contributed by atoms with Gasteiger partial charge >= 0.3 is 16.5 Å². The van der Waals surface area contributed by atoms with Crippen LogP contribution in [0.2, 0.25) is 0 Å². The van der Waals surface area contributed by atoms with E-state index < -0.39 is 0 Å². The van der Waals surface area contributed by atoms with Gasteiger partial charge in [0, 0.05) is 11.1 Å². The molecular weight excluding hydrogens is 355 g/mol. The third kappa shape index (κ3) is 35.2. The van der Waals surface area contributed by atoms with Crippen molar-refractivity contribution in [2.45, 2.75) is 94.2 Å². The Labute approximate surface area is 166 Å². The van der Waals surface area contributed by atoms with Gasteiger partial charge in [-0.2, -0.15) is 0 Å². The van der Waals surface area contributed by atoms with Gasteiger partial charge in [0.1, 0.15) is 0 Å². The summed E-state index contributed by atoms with van der Waals surface area (Å²) < 4.78 is 0. The first kappa shape index (κ1) is 29.0. The van der Waals surface area contributed by atoms with E-state index in [1.165, 1.54) is 0 Å². The summed E-state index contributed by atoms with van der Waals surface area (Å²) in [6.45, 7) is 24.7. The molecule has 0 aromatic rings. The topological polar surface area (TPSA) is 49.4 Å². The van der Waals surface area contributed by atoms with Crippen LogP contribution in [0.3, 0.4) is 0 Å². The molecule has 0 heterocycles. The molecule has 0 aliphatic carbocycles. The Morgan fingerprint density at radius 3 is 0.920 bits per heavy atom. The van der Waals surface area contributed by atoms with E-state index in [0.717, 1.165) is 0 Å². The van der Waals surface area contributed by atoms with Crippen molar-refractivity contribution in [3.05, 3.63) is 0 Å². The van der Waals surface area contributed by atoms with E-state index in [-0.39, 0.29) is 38.4 Å². The van der Waals surface area contributed by atoms with Crippen molar-refractivity contribution in [1.82, 2.24) is 0 Å². The zero-order chi connectivity index (χ0) is 19.7. The van der Waals surface area contributed by atoms with Crippen molar-refractivity contribution in [1.29, 1.82) is 0 Å². The molecule has 0 amide bonds. The third-order valence-corrected chi connectivity index (χ3v) is 1.79. The number of rotatable bonds is 2. The Morgan fingerprint density at radius 1 is 0.520 bits per heavy atom. The van der Waals surface area contributed by atoms with Gasteiger partial charge in [-0.05, 0) is 41.5 Å². The molecule has 0 N–H and O–H groups in total. The normalized spacial score (nSPS) is 14.2. The molecule has 0 atom stereocenters. The maximum Gasteiger partial charge on any atom is 2.00 e. The van der Waals surface area contributed by atoms with Gasteiger partial charge in [0.2, 0.25) is 0 Å².